The van der Waals surface area contributed by atoms with Crippen LogP contribution in [0.4, 0.5) is 0 Å². The minimum absolute atomic E-state index is 0.671. The van der Waals surface area contributed by atoms with Crippen LogP contribution in [0.25, 0.3) is 0 Å². The van der Waals surface area contributed by atoms with E-state index in [4.69, 9.17) is 4.42 Å². The maximum atomic E-state index is 5.56. The minimum atomic E-state index is 0.671. The summed E-state index contributed by atoms with van der Waals surface area (Å²) in [5.41, 5.74) is 0.965. The number of aryl methyl sites for hydroxylation is 3. The van der Waals surface area contributed by atoms with Crippen molar-refractivity contribution in [3.8, 4) is 0 Å². The fraction of sp³-hybridized carbons (Fsp3) is 0.500. The van der Waals surface area contributed by atoms with Crippen LogP contribution in [-0.4, -0.2) is 14.5 Å². The number of hydrogen-bond acceptors (Lipinski definition) is 3. The Hall–Kier alpha value is -1.58. The van der Waals surface area contributed by atoms with Gasteiger partial charge in [0.05, 0.1) is 5.69 Å². The van der Waals surface area contributed by atoms with Crippen molar-refractivity contribution in [2.24, 2.45) is 0 Å². The molecule has 0 aromatic carbocycles. The molecule has 2 rings (SSSR count). The van der Waals surface area contributed by atoms with Gasteiger partial charge in [0.2, 0.25) is 5.89 Å². The zero-order valence-electron chi connectivity index (χ0n) is 10.0. The van der Waals surface area contributed by atoms with Gasteiger partial charge in [-0.15, -0.1) is 0 Å². The van der Waals surface area contributed by atoms with E-state index in [-0.39, 0.29) is 0 Å². The van der Waals surface area contributed by atoms with E-state index in [0.717, 1.165) is 36.0 Å². The first-order chi connectivity index (χ1) is 7.70. The fourth-order valence-electron chi connectivity index (χ4n) is 1.69. The second kappa shape index (κ2) is 4.51. The molecule has 2 heterocycles. The maximum absolute atomic E-state index is 5.56. The molecule has 0 N–H and O–H groups in total. The topological polar surface area (TPSA) is 43.9 Å². The van der Waals surface area contributed by atoms with Gasteiger partial charge in [0.25, 0.3) is 0 Å². The molecule has 0 aliphatic heterocycles. The summed E-state index contributed by atoms with van der Waals surface area (Å²) < 4.78 is 7.65. The van der Waals surface area contributed by atoms with Crippen molar-refractivity contribution in [1.82, 2.24) is 14.5 Å². The van der Waals surface area contributed by atoms with Gasteiger partial charge in [-0.3, -0.25) is 0 Å². The van der Waals surface area contributed by atoms with Crippen LogP contribution in [0.3, 0.4) is 0 Å². The Morgan fingerprint density at radius 1 is 1.38 bits per heavy atom. The minimum Gasteiger partial charge on any atom is -0.444 e. The quantitative estimate of drug-likeness (QED) is 0.793. The molecule has 4 nitrogen and oxygen atoms in total. The van der Waals surface area contributed by atoms with Crippen molar-refractivity contribution < 1.29 is 4.42 Å². The largest absolute Gasteiger partial charge is 0.444 e. The molecule has 0 spiro atoms. The van der Waals surface area contributed by atoms with Crippen molar-refractivity contribution in [1.29, 1.82) is 0 Å². The van der Waals surface area contributed by atoms with Gasteiger partial charge in [0.1, 0.15) is 18.1 Å². The molecule has 0 bridgehead atoms. The molecule has 0 aliphatic carbocycles. The molecule has 0 aliphatic rings. The zero-order valence-corrected chi connectivity index (χ0v) is 10.0. The van der Waals surface area contributed by atoms with E-state index in [0.29, 0.717) is 6.54 Å². The van der Waals surface area contributed by atoms with E-state index in [1.807, 2.05) is 26.2 Å². The summed E-state index contributed by atoms with van der Waals surface area (Å²) in [7, 11) is 0. The van der Waals surface area contributed by atoms with Gasteiger partial charge in [-0.1, -0.05) is 6.92 Å². The highest BCUT2D eigenvalue weighted by Crippen LogP contribution is 2.11. The number of imidazole rings is 1. The number of nitrogens with zero attached hydrogens (tertiary/aromatic N) is 3. The summed E-state index contributed by atoms with van der Waals surface area (Å²) in [4.78, 5) is 8.70. The van der Waals surface area contributed by atoms with Gasteiger partial charge < -0.3 is 8.98 Å². The van der Waals surface area contributed by atoms with Crippen molar-refractivity contribution in [3.63, 3.8) is 0 Å². The lowest BCUT2D eigenvalue weighted by molar-refractivity contribution is 0.453. The summed E-state index contributed by atoms with van der Waals surface area (Å²) in [5.74, 6) is 2.74. The van der Waals surface area contributed by atoms with Crippen LogP contribution in [0.2, 0.25) is 0 Å². The fourth-order valence-corrected chi connectivity index (χ4v) is 1.69. The Balaban J connectivity index is 2.16. The highest BCUT2D eigenvalue weighted by molar-refractivity contribution is 5.06. The molecule has 0 atom stereocenters. The van der Waals surface area contributed by atoms with Crippen molar-refractivity contribution >= 4 is 0 Å². The van der Waals surface area contributed by atoms with Crippen LogP contribution in [-0.2, 0) is 13.0 Å². The molecule has 86 valence electrons. The van der Waals surface area contributed by atoms with Crippen LogP contribution in [0.15, 0.2) is 16.8 Å². The number of oxazole rings is 1. The van der Waals surface area contributed by atoms with Crippen LogP contribution in [0.1, 0.15) is 36.5 Å². The smallest absolute Gasteiger partial charge is 0.214 e. The predicted octanol–water partition coefficient (Wildman–Crippen LogP) is 2.49. The third-order valence-corrected chi connectivity index (χ3v) is 2.65. The van der Waals surface area contributed by atoms with E-state index in [1.54, 1.807) is 0 Å². The summed E-state index contributed by atoms with van der Waals surface area (Å²) in [5, 5.41) is 0. The Bertz CT molecular complexity index is 451. The van der Waals surface area contributed by atoms with Gasteiger partial charge in [-0.05, 0) is 20.3 Å². The normalized spacial score (nSPS) is 10.9. The first-order valence-electron chi connectivity index (χ1n) is 5.63. The number of rotatable bonds is 4. The Morgan fingerprint density at radius 3 is 2.81 bits per heavy atom. The molecule has 0 saturated heterocycles. The molecular formula is C12H17N3O. The van der Waals surface area contributed by atoms with Crippen LogP contribution in [0.5, 0.6) is 0 Å². The molecule has 0 radical (unpaired) electrons. The Kier molecular flexibility index (Phi) is 3.08. The Morgan fingerprint density at radius 2 is 2.19 bits per heavy atom. The second-order valence-electron chi connectivity index (χ2n) is 3.97. The van der Waals surface area contributed by atoms with Crippen molar-refractivity contribution in [3.05, 3.63) is 35.6 Å². The van der Waals surface area contributed by atoms with E-state index >= 15 is 0 Å². The summed E-state index contributed by atoms with van der Waals surface area (Å²) in [6.45, 7) is 6.72. The highest BCUT2D eigenvalue weighted by atomic mass is 16.4. The highest BCUT2D eigenvalue weighted by Gasteiger charge is 2.08. The lowest BCUT2D eigenvalue weighted by atomic mass is 10.3. The van der Waals surface area contributed by atoms with Crippen LogP contribution < -0.4 is 0 Å². The van der Waals surface area contributed by atoms with Crippen LogP contribution in [0, 0.1) is 13.8 Å². The van der Waals surface area contributed by atoms with Crippen LogP contribution >= 0.6 is 0 Å². The van der Waals surface area contributed by atoms with Gasteiger partial charge in [-0.25, -0.2) is 9.97 Å². The van der Waals surface area contributed by atoms with E-state index in [9.17, 15) is 0 Å². The SMILES string of the molecule is CCCc1nccn1Cc1nc(C)c(C)o1. The standard InChI is InChI=1S/C12H17N3O/c1-4-5-11-13-6-7-15(11)8-12-14-9(2)10(3)16-12/h6-7H,4-5,8H2,1-3H3. The molecule has 0 fully saturated rings. The summed E-state index contributed by atoms with van der Waals surface area (Å²) >= 11 is 0. The van der Waals surface area contributed by atoms with Gasteiger partial charge in [-0.2, -0.15) is 0 Å². The lowest BCUT2D eigenvalue weighted by Gasteiger charge is -2.03. The van der Waals surface area contributed by atoms with E-state index in [2.05, 4.69) is 21.5 Å². The Labute approximate surface area is 95.3 Å². The number of aromatic nitrogens is 3. The average Bonchev–Trinajstić information content (AvgIpc) is 2.77. The van der Waals surface area contributed by atoms with Crippen molar-refractivity contribution in [2.45, 2.75) is 40.2 Å². The maximum Gasteiger partial charge on any atom is 0.214 e. The molecule has 4 heteroatoms. The second-order valence-corrected chi connectivity index (χ2v) is 3.97. The van der Waals surface area contributed by atoms with Crippen molar-refractivity contribution in [2.75, 3.05) is 0 Å². The number of hydrogen-bond donors (Lipinski definition) is 0. The first kappa shape index (κ1) is 10.9. The molecule has 2 aromatic rings. The third kappa shape index (κ3) is 2.15. The monoisotopic (exact) mass is 219 g/mol. The molecule has 0 unspecified atom stereocenters. The van der Waals surface area contributed by atoms with E-state index in [1.165, 1.54) is 0 Å². The van der Waals surface area contributed by atoms with Gasteiger partial charge in [0, 0.05) is 18.8 Å². The zero-order chi connectivity index (χ0) is 11.5. The third-order valence-electron chi connectivity index (χ3n) is 2.65. The summed E-state index contributed by atoms with van der Waals surface area (Å²) in [6.07, 6.45) is 5.89. The van der Waals surface area contributed by atoms with E-state index < -0.39 is 0 Å². The molecule has 0 amide bonds. The predicted molar refractivity (Wildman–Crippen MR) is 61.3 cm³/mol. The molecule has 2 aromatic heterocycles. The van der Waals surface area contributed by atoms with Gasteiger partial charge in [0.15, 0.2) is 0 Å². The molecule has 16 heavy (non-hydrogen) atoms. The first-order valence-corrected chi connectivity index (χ1v) is 5.63. The van der Waals surface area contributed by atoms with Gasteiger partial charge >= 0.3 is 0 Å². The molecule has 0 saturated carbocycles. The molecular weight excluding hydrogens is 202 g/mol. The summed E-state index contributed by atoms with van der Waals surface area (Å²) in [6, 6.07) is 0. The average molecular weight is 219 g/mol. The lowest BCUT2D eigenvalue weighted by Crippen LogP contribution is -2.04.